The van der Waals surface area contributed by atoms with Crippen LogP contribution in [0.4, 0.5) is 4.79 Å². The van der Waals surface area contributed by atoms with Gasteiger partial charge in [0.15, 0.2) is 0 Å². The molecule has 0 radical (unpaired) electrons. The summed E-state index contributed by atoms with van der Waals surface area (Å²) in [7, 11) is 0. The lowest BCUT2D eigenvalue weighted by molar-refractivity contribution is -0.0704. The minimum absolute atomic E-state index is 0.00964. The number of carbonyl (C=O) groups excluding carboxylic acids is 1. The molecule has 2 aromatic rings. The zero-order chi connectivity index (χ0) is 20.3. The van der Waals surface area contributed by atoms with Crippen molar-refractivity contribution in [2.24, 2.45) is 11.8 Å². The number of urea groups is 1. The number of amides is 2. The van der Waals surface area contributed by atoms with Crippen LogP contribution in [0.15, 0.2) is 60.7 Å². The molecule has 1 fully saturated rings. The quantitative estimate of drug-likeness (QED) is 0.800. The van der Waals surface area contributed by atoms with E-state index in [2.05, 4.69) is 27.7 Å². The molecule has 0 aliphatic carbocycles. The van der Waals surface area contributed by atoms with Gasteiger partial charge in [0.05, 0.1) is 18.2 Å². The Labute approximate surface area is 168 Å². The van der Waals surface area contributed by atoms with Crippen molar-refractivity contribution in [3.63, 3.8) is 0 Å². The van der Waals surface area contributed by atoms with Gasteiger partial charge in [-0.3, -0.25) is 0 Å². The number of hydrogen-bond donors (Lipinski definition) is 1. The lowest BCUT2D eigenvalue weighted by Crippen LogP contribution is -2.68. The molecule has 1 aliphatic heterocycles. The van der Waals surface area contributed by atoms with Crippen LogP contribution < -0.4 is 0 Å². The summed E-state index contributed by atoms with van der Waals surface area (Å²) >= 11 is 0. The highest BCUT2D eigenvalue weighted by molar-refractivity contribution is 5.76. The van der Waals surface area contributed by atoms with Gasteiger partial charge in [0.25, 0.3) is 0 Å². The Morgan fingerprint density at radius 1 is 0.750 bits per heavy atom. The monoisotopic (exact) mass is 380 g/mol. The second-order valence-electron chi connectivity index (χ2n) is 8.47. The summed E-state index contributed by atoms with van der Waals surface area (Å²) in [4.78, 5) is 17.4. The van der Waals surface area contributed by atoms with Crippen molar-refractivity contribution in [3.8, 4) is 0 Å². The van der Waals surface area contributed by atoms with E-state index < -0.39 is 6.10 Å². The normalized spacial score (nSPS) is 23.0. The fourth-order valence-corrected chi connectivity index (χ4v) is 4.41. The van der Waals surface area contributed by atoms with Gasteiger partial charge in [0.2, 0.25) is 0 Å². The summed E-state index contributed by atoms with van der Waals surface area (Å²) in [6.45, 7) is 9.37. The van der Waals surface area contributed by atoms with E-state index in [4.69, 9.17) is 0 Å². The van der Waals surface area contributed by atoms with E-state index >= 15 is 0 Å². The van der Waals surface area contributed by atoms with E-state index in [9.17, 15) is 9.90 Å². The number of hydrogen-bond acceptors (Lipinski definition) is 2. The molecule has 1 saturated heterocycles. The van der Waals surface area contributed by atoms with E-state index in [0.717, 1.165) is 11.1 Å². The van der Waals surface area contributed by atoms with Crippen LogP contribution in [-0.4, -0.2) is 39.1 Å². The standard InChI is InChI=1S/C24H32N2O2/c1-17(2)21-23(27)22(18(3)4)26(16-20-13-9-6-10-14-20)24(28)25(21)15-19-11-7-5-8-12-19/h5-14,17-18,21-23,27H,15-16H2,1-4H3/t21-,22-/m0/s1. The SMILES string of the molecule is CC(C)[C@H]1C(O)[C@H](C(C)C)N(Cc2ccccc2)C(=O)N1Cc1ccccc1. The first kappa shape index (κ1) is 20.4. The second kappa shape index (κ2) is 8.78. The smallest absolute Gasteiger partial charge is 0.321 e. The number of nitrogens with zero attached hydrogens (tertiary/aromatic N) is 2. The number of rotatable bonds is 6. The predicted octanol–water partition coefficient (Wildman–Crippen LogP) is 4.53. The Bertz CT molecular complexity index is 697. The van der Waals surface area contributed by atoms with Gasteiger partial charge in [-0.15, -0.1) is 0 Å². The van der Waals surface area contributed by atoms with Gasteiger partial charge in [-0.1, -0.05) is 88.4 Å². The molecule has 0 aromatic heterocycles. The fourth-order valence-electron chi connectivity index (χ4n) is 4.41. The molecule has 0 bridgehead atoms. The third kappa shape index (κ3) is 4.22. The van der Waals surface area contributed by atoms with Crippen LogP contribution in [0.2, 0.25) is 0 Å². The summed E-state index contributed by atoms with van der Waals surface area (Å²) in [5.74, 6) is 0.338. The Morgan fingerprint density at radius 2 is 1.11 bits per heavy atom. The summed E-state index contributed by atoms with van der Waals surface area (Å²) in [5.41, 5.74) is 2.16. The van der Waals surface area contributed by atoms with Crippen molar-refractivity contribution in [2.45, 2.75) is 59.0 Å². The molecule has 2 aromatic carbocycles. The molecule has 2 amide bonds. The van der Waals surface area contributed by atoms with Gasteiger partial charge in [-0.05, 0) is 23.0 Å². The highest BCUT2D eigenvalue weighted by Gasteiger charge is 2.47. The van der Waals surface area contributed by atoms with E-state index in [-0.39, 0.29) is 30.0 Å². The first-order valence-electron chi connectivity index (χ1n) is 10.2. The van der Waals surface area contributed by atoms with Crippen molar-refractivity contribution in [1.82, 2.24) is 9.80 Å². The fraction of sp³-hybridized carbons (Fsp3) is 0.458. The van der Waals surface area contributed by atoms with Crippen LogP contribution in [0.3, 0.4) is 0 Å². The molecule has 150 valence electrons. The molecule has 0 spiro atoms. The van der Waals surface area contributed by atoms with E-state index in [1.54, 1.807) is 0 Å². The maximum atomic E-state index is 13.7. The van der Waals surface area contributed by atoms with Crippen molar-refractivity contribution in [1.29, 1.82) is 0 Å². The molecule has 28 heavy (non-hydrogen) atoms. The lowest BCUT2D eigenvalue weighted by Gasteiger charge is -2.52. The Kier molecular flexibility index (Phi) is 6.40. The third-order valence-electron chi connectivity index (χ3n) is 5.67. The van der Waals surface area contributed by atoms with Crippen LogP contribution in [0, 0.1) is 11.8 Å². The van der Waals surface area contributed by atoms with Gasteiger partial charge in [-0.25, -0.2) is 4.79 Å². The maximum Gasteiger partial charge on any atom is 0.321 e. The van der Waals surface area contributed by atoms with Crippen molar-refractivity contribution in [3.05, 3.63) is 71.8 Å². The van der Waals surface area contributed by atoms with Gasteiger partial charge in [0, 0.05) is 13.1 Å². The van der Waals surface area contributed by atoms with Crippen LogP contribution >= 0.6 is 0 Å². The molecule has 0 saturated carbocycles. The third-order valence-corrected chi connectivity index (χ3v) is 5.67. The molecule has 3 rings (SSSR count). The molecule has 0 unspecified atom stereocenters. The topological polar surface area (TPSA) is 43.8 Å². The molecule has 4 nitrogen and oxygen atoms in total. The van der Waals surface area contributed by atoms with Crippen LogP contribution in [-0.2, 0) is 13.1 Å². The molecule has 2 atom stereocenters. The number of aliphatic hydroxyl groups is 1. The lowest BCUT2D eigenvalue weighted by atomic mass is 9.83. The second-order valence-corrected chi connectivity index (χ2v) is 8.47. The Balaban J connectivity index is 1.96. The Hall–Kier alpha value is -2.33. The van der Waals surface area contributed by atoms with Gasteiger partial charge < -0.3 is 14.9 Å². The molecule has 4 heteroatoms. The highest BCUT2D eigenvalue weighted by Crippen LogP contribution is 2.33. The minimum atomic E-state index is -0.592. The van der Waals surface area contributed by atoms with E-state index in [0.29, 0.717) is 13.1 Å². The van der Waals surface area contributed by atoms with Crippen molar-refractivity contribution >= 4 is 6.03 Å². The summed E-state index contributed by atoms with van der Waals surface area (Å²) < 4.78 is 0. The average molecular weight is 381 g/mol. The summed E-state index contributed by atoms with van der Waals surface area (Å²) in [6.07, 6.45) is -0.592. The molecule has 1 heterocycles. The zero-order valence-electron chi connectivity index (χ0n) is 17.3. The summed E-state index contributed by atoms with van der Waals surface area (Å²) in [6, 6.07) is 19.7. The van der Waals surface area contributed by atoms with Gasteiger partial charge in [-0.2, -0.15) is 0 Å². The van der Waals surface area contributed by atoms with Crippen LogP contribution in [0.5, 0.6) is 0 Å². The molecular formula is C24H32N2O2. The zero-order valence-corrected chi connectivity index (χ0v) is 17.3. The van der Waals surface area contributed by atoms with Gasteiger partial charge >= 0.3 is 6.03 Å². The highest BCUT2D eigenvalue weighted by atomic mass is 16.3. The molecule has 1 N–H and O–H groups in total. The molecular weight excluding hydrogens is 348 g/mol. The van der Waals surface area contributed by atoms with Crippen LogP contribution in [0.1, 0.15) is 38.8 Å². The van der Waals surface area contributed by atoms with Crippen LogP contribution in [0.25, 0.3) is 0 Å². The van der Waals surface area contributed by atoms with Crippen molar-refractivity contribution < 1.29 is 9.90 Å². The number of aliphatic hydroxyl groups excluding tert-OH is 1. The largest absolute Gasteiger partial charge is 0.389 e. The number of carbonyl (C=O) groups is 1. The molecule has 1 aliphatic rings. The summed E-state index contributed by atoms with van der Waals surface area (Å²) in [5, 5.41) is 11.3. The van der Waals surface area contributed by atoms with E-state index in [1.807, 2.05) is 70.5 Å². The first-order valence-corrected chi connectivity index (χ1v) is 10.2. The van der Waals surface area contributed by atoms with Gasteiger partial charge in [0.1, 0.15) is 0 Å². The first-order chi connectivity index (χ1) is 13.4. The van der Waals surface area contributed by atoms with E-state index in [1.165, 1.54) is 0 Å². The Morgan fingerprint density at radius 3 is 1.43 bits per heavy atom. The average Bonchev–Trinajstić information content (AvgIpc) is 2.66. The van der Waals surface area contributed by atoms with Crippen molar-refractivity contribution in [2.75, 3.05) is 0 Å². The predicted molar refractivity (Wildman–Crippen MR) is 113 cm³/mol. The number of benzene rings is 2. The minimum Gasteiger partial charge on any atom is -0.389 e. The maximum absolute atomic E-state index is 13.7.